The first-order chi connectivity index (χ1) is 16.8. The average molecular weight is 510 g/mol. The Balaban J connectivity index is 1.40. The van der Waals surface area contributed by atoms with Crippen molar-refractivity contribution in [3.63, 3.8) is 0 Å². The van der Waals surface area contributed by atoms with E-state index in [0.29, 0.717) is 13.2 Å². The molecule has 1 aromatic carbocycles. The molecule has 0 spiro atoms. The summed E-state index contributed by atoms with van der Waals surface area (Å²) in [6, 6.07) is 9.30. The van der Waals surface area contributed by atoms with Crippen molar-refractivity contribution in [2.45, 2.75) is 68.4 Å². The number of nitrogens with one attached hydrogen (secondary N) is 2. The fraction of sp³-hybridized carbons (Fsp3) is 0.720. The van der Waals surface area contributed by atoms with Gasteiger partial charge in [-0.25, -0.2) is 0 Å². The number of hydrogen-bond acceptors (Lipinski definition) is 9. The number of amides is 1. The van der Waals surface area contributed by atoms with Crippen LogP contribution in [0.2, 0.25) is 0 Å². The number of carbonyl (C=O) groups excluding carboxylic acids is 1. The van der Waals surface area contributed by atoms with Crippen LogP contribution in [0, 0.1) is 11.8 Å². The maximum Gasteiger partial charge on any atom is 0.240 e. The molecule has 0 bridgehead atoms. The average Bonchev–Trinajstić information content (AvgIpc) is 3.13. The number of hydrogen-bond donors (Lipinski definition) is 5. The SMILES string of the molecule is CSC1O[C@H]([C@H](NC(=O)[C@H]2NC[C@@H]3CN(Cc4ccccc4)CCO[C@H]32)C(C)C)C(O)C(O)[C@H]1O. The number of thioether (sulfide) groups is 1. The fourth-order valence-corrected chi connectivity index (χ4v) is 6.08. The quantitative estimate of drug-likeness (QED) is 0.340. The molecule has 0 aromatic heterocycles. The number of aliphatic hydroxyl groups is 3. The van der Waals surface area contributed by atoms with Crippen LogP contribution in [0.1, 0.15) is 19.4 Å². The van der Waals surface area contributed by atoms with Gasteiger partial charge in [-0.05, 0) is 17.7 Å². The molecular weight excluding hydrogens is 470 g/mol. The Kier molecular flexibility index (Phi) is 9.09. The molecule has 3 aliphatic rings. The lowest BCUT2D eigenvalue weighted by atomic mass is 9.88. The predicted molar refractivity (Wildman–Crippen MR) is 134 cm³/mol. The zero-order valence-corrected chi connectivity index (χ0v) is 21.4. The molecule has 196 valence electrons. The summed E-state index contributed by atoms with van der Waals surface area (Å²) >= 11 is 1.26. The predicted octanol–water partition coefficient (Wildman–Crippen LogP) is -0.213. The Morgan fingerprint density at radius 3 is 2.63 bits per heavy atom. The summed E-state index contributed by atoms with van der Waals surface area (Å²) in [5, 5.41) is 37.6. The van der Waals surface area contributed by atoms with Crippen LogP contribution in [0.4, 0.5) is 0 Å². The molecule has 10 heteroatoms. The van der Waals surface area contributed by atoms with E-state index in [1.54, 1.807) is 6.26 Å². The fourth-order valence-electron chi connectivity index (χ4n) is 5.40. The van der Waals surface area contributed by atoms with Crippen LogP contribution in [-0.4, -0.2) is 107 Å². The van der Waals surface area contributed by atoms with Crippen LogP contribution in [0.5, 0.6) is 0 Å². The minimum absolute atomic E-state index is 0.0721. The molecule has 1 aromatic rings. The summed E-state index contributed by atoms with van der Waals surface area (Å²) in [6.45, 7) is 7.60. The normalized spacial score (nSPS) is 37.0. The summed E-state index contributed by atoms with van der Waals surface area (Å²) in [7, 11) is 0. The van der Waals surface area contributed by atoms with Crippen molar-refractivity contribution in [1.29, 1.82) is 0 Å². The van der Waals surface area contributed by atoms with Gasteiger partial charge in [-0.2, -0.15) is 0 Å². The van der Waals surface area contributed by atoms with Crippen molar-refractivity contribution in [3.05, 3.63) is 35.9 Å². The number of rotatable bonds is 7. The van der Waals surface area contributed by atoms with Crippen molar-refractivity contribution in [2.24, 2.45) is 11.8 Å². The van der Waals surface area contributed by atoms with Crippen LogP contribution in [0.15, 0.2) is 30.3 Å². The number of nitrogens with zero attached hydrogens (tertiary/aromatic N) is 1. The van der Waals surface area contributed by atoms with Crippen molar-refractivity contribution >= 4 is 17.7 Å². The third-order valence-electron chi connectivity index (χ3n) is 7.36. The van der Waals surface area contributed by atoms with E-state index in [4.69, 9.17) is 9.47 Å². The molecule has 3 heterocycles. The second-order valence-corrected chi connectivity index (χ2v) is 11.1. The van der Waals surface area contributed by atoms with Gasteiger partial charge in [0, 0.05) is 32.1 Å². The molecule has 9 nitrogen and oxygen atoms in total. The van der Waals surface area contributed by atoms with Crippen molar-refractivity contribution in [2.75, 3.05) is 32.5 Å². The Hall–Kier alpha value is -1.24. The maximum atomic E-state index is 13.4. The highest BCUT2D eigenvalue weighted by atomic mass is 32.2. The first-order valence-corrected chi connectivity index (χ1v) is 13.7. The zero-order valence-electron chi connectivity index (χ0n) is 20.6. The molecule has 3 fully saturated rings. The van der Waals surface area contributed by atoms with Crippen LogP contribution in [0.25, 0.3) is 0 Å². The smallest absolute Gasteiger partial charge is 0.240 e. The number of fused-ring (bicyclic) bond motifs is 1. The Morgan fingerprint density at radius 1 is 1.20 bits per heavy atom. The second-order valence-electron chi connectivity index (χ2n) is 10.2. The molecule has 0 radical (unpaired) electrons. The highest BCUT2D eigenvalue weighted by Crippen LogP contribution is 2.31. The van der Waals surface area contributed by atoms with Gasteiger partial charge in [-0.1, -0.05) is 44.2 Å². The van der Waals surface area contributed by atoms with Gasteiger partial charge < -0.3 is 35.4 Å². The van der Waals surface area contributed by atoms with Gasteiger partial charge in [0.15, 0.2) is 0 Å². The van der Waals surface area contributed by atoms with Gasteiger partial charge in [0.05, 0.1) is 18.8 Å². The Labute approximate surface area is 211 Å². The first kappa shape index (κ1) is 26.8. The molecule has 3 aliphatic heterocycles. The highest BCUT2D eigenvalue weighted by Gasteiger charge is 2.49. The van der Waals surface area contributed by atoms with E-state index in [1.165, 1.54) is 17.3 Å². The first-order valence-electron chi connectivity index (χ1n) is 12.4. The lowest BCUT2D eigenvalue weighted by molar-refractivity contribution is -0.208. The summed E-state index contributed by atoms with van der Waals surface area (Å²) in [4.78, 5) is 15.8. The van der Waals surface area contributed by atoms with Crippen LogP contribution < -0.4 is 10.6 Å². The van der Waals surface area contributed by atoms with E-state index in [1.807, 2.05) is 32.0 Å². The van der Waals surface area contributed by atoms with Gasteiger partial charge in [-0.3, -0.25) is 9.69 Å². The molecule has 0 saturated carbocycles. The highest BCUT2D eigenvalue weighted by molar-refractivity contribution is 7.99. The standard InChI is InChI=1S/C25H39N3O6S/c1-14(2)17(23-20(30)19(29)21(31)25(34-23)35-3)27-24(32)18-22-16(11-26-18)13-28(9-10-33-22)12-15-7-5-4-6-8-15/h4-8,14,16-23,25-26,29-31H,9-13H2,1-3H3,(H,27,32)/t16-,17-,18+,19?,20?,21-,22-,23-,25?/m1/s1. The number of carbonyl (C=O) groups is 1. The largest absolute Gasteiger partial charge is 0.388 e. The molecule has 35 heavy (non-hydrogen) atoms. The summed E-state index contributed by atoms with van der Waals surface area (Å²) in [6.07, 6.45) is -3.18. The minimum atomic E-state index is -1.35. The molecule has 5 N–H and O–H groups in total. The molecule has 9 atom stereocenters. The van der Waals surface area contributed by atoms with Crippen LogP contribution in [-0.2, 0) is 20.8 Å². The molecule has 3 unspecified atom stereocenters. The van der Waals surface area contributed by atoms with E-state index in [2.05, 4.69) is 27.7 Å². The zero-order chi connectivity index (χ0) is 25.1. The Morgan fingerprint density at radius 2 is 1.94 bits per heavy atom. The van der Waals surface area contributed by atoms with Crippen LogP contribution in [0.3, 0.4) is 0 Å². The van der Waals surface area contributed by atoms with E-state index in [-0.39, 0.29) is 23.8 Å². The maximum absolute atomic E-state index is 13.4. The molecular formula is C25H39N3O6S. The molecule has 4 rings (SSSR count). The van der Waals surface area contributed by atoms with Crippen LogP contribution >= 0.6 is 11.8 Å². The number of benzene rings is 1. The van der Waals surface area contributed by atoms with E-state index >= 15 is 0 Å². The van der Waals surface area contributed by atoms with E-state index < -0.39 is 41.9 Å². The summed E-state index contributed by atoms with van der Waals surface area (Å²) in [5.41, 5.74) is 0.569. The molecule has 3 saturated heterocycles. The van der Waals surface area contributed by atoms with E-state index in [9.17, 15) is 20.1 Å². The summed E-state index contributed by atoms with van der Waals surface area (Å²) in [5.74, 6) is -0.0918. The molecule has 0 aliphatic carbocycles. The van der Waals surface area contributed by atoms with E-state index in [0.717, 1.165) is 19.6 Å². The van der Waals surface area contributed by atoms with Gasteiger partial charge in [0.25, 0.3) is 0 Å². The lowest BCUT2D eigenvalue weighted by Crippen LogP contribution is -2.65. The van der Waals surface area contributed by atoms with Crippen molar-refractivity contribution in [3.8, 4) is 0 Å². The van der Waals surface area contributed by atoms with Crippen molar-refractivity contribution < 1.29 is 29.6 Å². The lowest BCUT2D eigenvalue weighted by Gasteiger charge is -2.44. The summed E-state index contributed by atoms with van der Waals surface area (Å²) < 4.78 is 12.1. The monoisotopic (exact) mass is 509 g/mol. The van der Waals surface area contributed by atoms with Gasteiger partial charge in [0.1, 0.15) is 35.9 Å². The number of ether oxygens (including phenoxy) is 2. The van der Waals surface area contributed by atoms with Gasteiger partial charge in [-0.15, -0.1) is 11.8 Å². The second kappa shape index (κ2) is 11.9. The third-order valence-corrected chi connectivity index (χ3v) is 8.21. The van der Waals surface area contributed by atoms with Gasteiger partial charge in [0.2, 0.25) is 5.91 Å². The van der Waals surface area contributed by atoms with Crippen molar-refractivity contribution in [1.82, 2.24) is 15.5 Å². The minimum Gasteiger partial charge on any atom is -0.388 e. The Bertz CT molecular complexity index is 831. The van der Waals surface area contributed by atoms with Gasteiger partial charge >= 0.3 is 0 Å². The third kappa shape index (κ3) is 6.02. The number of aliphatic hydroxyl groups excluding tert-OH is 3. The molecule has 1 amide bonds. The topological polar surface area (TPSA) is 124 Å².